The number of aliphatic carboxylic acids is 1. The van der Waals surface area contributed by atoms with E-state index in [4.69, 9.17) is 25.8 Å². The number of carbonyl (C=O) groups is 1. The van der Waals surface area contributed by atoms with Crippen molar-refractivity contribution >= 4 is 17.6 Å². The van der Waals surface area contributed by atoms with Gasteiger partial charge in [0, 0.05) is 5.57 Å². The molecule has 1 N–H and O–H groups in total. The molecule has 0 bridgehead atoms. The van der Waals surface area contributed by atoms with Crippen LogP contribution < -0.4 is 0 Å². The van der Waals surface area contributed by atoms with Crippen molar-refractivity contribution in [1.82, 2.24) is 0 Å². The molecule has 0 spiro atoms. The number of ether oxygens (including phenoxy) is 3. The van der Waals surface area contributed by atoms with Crippen molar-refractivity contribution in [2.75, 3.05) is 7.11 Å². The molecule has 116 valence electrons. The van der Waals surface area contributed by atoms with Crippen LogP contribution in [-0.2, 0) is 19.0 Å². The minimum atomic E-state index is -1.43. The highest BCUT2D eigenvalue weighted by Crippen LogP contribution is 2.38. The normalized spacial score (nSPS) is 30.5. The van der Waals surface area contributed by atoms with Crippen molar-refractivity contribution in [3.63, 3.8) is 0 Å². The monoisotopic (exact) mass is 322 g/mol. The quantitative estimate of drug-likeness (QED) is 0.846. The molecular formula is C16H15ClO5. The summed E-state index contributed by atoms with van der Waals surface area (Å²) in [4.78, 5) is 11.3. The standard InChI is InChI=1S/C16H15ClO5/c1-20-12-7-6-11-10-5-3-2-4-9(10)8-21-16(15(18)19)22-14(11)13(12)17/h2,4,6-8,14,16H,3,5H2,1H3,(H,18,19)/b9-8?,11-10-. The first-order valence-electron chi connectivity index (χ1n) is 6.87. The van der Waals surface area contributed by atoms with Crippen LogP contribution >= 0.6 is 11.6 Å². The average Bonchev–Trinajstić information content (AvgIpc) is 2.50. The second-order valence-corrected chi connectivity index (χ2v) is 5.43. The first-order chi connectivity index (χ1) is 10.6. The summed E-state index contributed by atoms with van der Waals surface area (Å²) < 4.78 is 16.0. The summed E-state index contributed by atoms with van der Waals surface area (Å²) in [5, 5.41) is 9.55. The maximum absolute atomic E-state index is 11.3. The number of halogens is 1. The van der Waals surface area contributed by atoms with Crippen LogP contribution in [0.1, 0.15) is 12.8 Å². The molecule has 6 heteroatoms. The molecule has 5 nitrogen and oxygen atoms in total. The summed E-state index contributed by atoms with van der Waals surface area (Å²) in [6.45, 7) is 0. The third-order valence-electron chi connectivity index (χ3n) is 3.72. The molecule has 2 unspecified atom stereocenters. The lowest BCUT2D eigenvalue weighted by Gasteiger charge is -2.31. The Morgan fingerprint density at radius 2 is 2.23 bits per heavy atom. The third kappa shape index (κ3) is 2.58. The second-order valence-electron chi connectivity index (χ2n) is 5.02. The van der Waals surface area contributed by atoms with Gasteiger partial charge in [-0.15, -0.1) is 0 Å². The summed E-state index contributed by atoms with van der Waals surface area (Å²) in [5.74, 6) is -0.755. The molecule has 0 aromatic carbocycles. The van der Waals surface area contributed by atoms with E-state index >= 15 is 0 Å². The van der Waals surface area contributed by atoms with Crippen LogP contribution in [0.25, 0.3) is 0 Å². The highest BCUT2D eigenvalue weighted by molar-refractivity contribution is 6.31. The van der Waals surface area contributed by atoms with Crippen LogP contribution in [0.3, 0.4) is 0 Å². The lowest BCUT2D eigenvalue weighted by molar-refractivity contribution is -0.182. The Morgan fingerprint density at radius 3 is 2.95 bits per heavy atom. The predicted molar refractivity (Wildman–Crippen MR) is 79.9 cm³/mol. The van der Waals surface area contributed by atoms with Gasteiger partial charge in [0.15, 0.2) is 0 Å². The minimum Gasteiger partial charge on any atom is -0.495 e. The molecule has 1 aliphatic heterocycles. The summed E-state index contributed by atoms with van der Waals surface area (Å²) in [6, 6.07) is 0. The molecule has 1 heterocycles. The average molecular weight is 323 g/mol. The van der Waals surface area contributed by atoms with Gasteiger partial charge in [0.1, 0.15) is 11.9 Å². The molecule has 0 radical (unpaired) electrons. The number of allylic oxidation sites excluding steroid dienone is 5. The number of carboxylic acids is 1. The maximum atomic E-state index is 11.3. The van der Waals surface area contributed by atoms with Crippen molar-refractivity contribution in [2.45, 2.75) is 25.2 Å². The molecule has 0 aromatic heterocycles. The van der Waals surface area contributed by atoms with Gasteiger partial charge in [-0.25, -0.2) is 4.79 Å². The second kappa shape index (κ2) is 6.02. The Labute approximate surface area is 132 Å². The van der Waals surface area contributed by atoms with Gasteiger partial charge in [-0.3, -0.25) is 0 Å². The van der Waals surface area contributed by atoms with Crippen molar-refractivity contribution in [3.05, 3.63) is 58.1 Å². The number of rotatable bonds is 2. The fraction of sp³-hybridized carbons (Fsp3) is 0.312. The fourth-order valence-corrected chi connectivity index (χ4v) is 2.98. The van der Waals surface area contributed by atoms with Crippen LogP contribution in [0.5, 0.6) is 0 Å². The van der Waals surface area contributed by atoms with E-state index in [0.29, 0.717) is 10.8 Å². The van der Waals surface area contributed by atoms with Crippen molar-refractivity contribution in [1.29, 1.82) is 0 Å². The van der Waals surface area contributed by atoms with Crippen molar-refractivity contribution in [2.24, 2.45) is 0 Å². The Hall–Kier alpha value is -1.98. The van der Waals surface area contributed by atoms with E-state index < -0.39 is 18.4 Å². The number of carboxylic acid groups (broad SMARTS) is 1. The van der Waals surface area contributed by atoms with Crippen LogP contribution in [0.4, 0.5) is 0 Å². The van der Waals surface area contributed by atoms with Crippen molar-refractivity contribution in [3.8, 4) is 0 Å². The molecule has 0 aromatic rings. The zero-order valence-corrected chi connectivity index (χ0v) is 12.7. The summed E-state index contributed by atoms with van der Waals surface area (Å²) in [7, 11) is 1.50. The molecule has 2 atom stereocenters. The molecule has 0 fully saturated rings. The largest absolute Gasteiger partial charge is 0.495 e. The third-order valence-corrected chi connectivity index (χ3v) is 4.10. The van der Waals surface area contributed by atoms with E-state index in [1.165, 1.54) is 13.4 Å². The first-order valence-corrected chi connectivity index (χ1v) is 7.25. The number of hydrogen-bond acceptors (Lipinski definition) is 4. The van der Waals surface area contributed by atoms with E-state index in [-0.39, 0.29) is 0 Å². The Morgan fingerprint density at radius 1 is 1.41 bits per heavy atom. The highest BCUT2D eigenvalue weighted by atomic mass is 35.5. The summed E-state index contributed by atoms with van der Waals surface area (Å²) >= 11 is 6.34. The Balaban J connectivity index is 2.12. The zero-order valence-electron chi connectivity index (χ0n) is 11.9. The van der Waals surface area contributed by atoms with Gasteiger partial charge in [-0.2, -0.15) is 0 Å². The van der Waals surface area contributed by atoms with Gasteiger partial charge in [0.2, 0.25) is 0 Å². The maximum Gasteiger partial charge on any atom is 0.373 e. The number of methoxy groups -OCH3 is 1. The molecule has 3 aliphatic rings. The first kappa shape index (κ1) is 14.9. The summed E-state index contributed by atoms with van der Waals surface area (Å²) in [5.41, 5.74) is 2.73. The summed E-state index contributed by atoms with van der Waals surface area (Å²) in [6.07, 6.45) is 8.58. The van der Waals surface area contributed by atoms with E-state index in [1.54, 1.807) is 6.08 Å². The van der Waals surface area contributed by atoms with E-state index in [2.05, 4.69) is 0 Å². The topological polar surface area (TPSA) is 65.0 Å². The molecule has 0 saturated heterocycles. The van der Waals surface area contributed by atoms with E-state index in [9.17, 15) is 9.90 Å². The molecular weight excluding hydrogens is 308 g/mol. The Bertz CT molecular complexity index is 653. The van der Waals surface area contributed by atoms with Crippen LogP contribution in [0.15, 0.2) is 58.1 Å². The molecule has 2 aliphatic carbocycles. The molecule has 3 rings (SSSR count). The zero-order chi connectivity index (χ0) is 15.7. The Kier molecular flexibility index (Phi) is 4.09. The van der Waals surface area contributed by atoms with E-state index in [1.807, 2.05) is 18.2 Å². The molecule has 0 saturated carbocycles. The lowest BCUT2D eigenvalue weighted by atomic mass is 9.87. The predicted octanol–water partition coefficient (Wildman–Crippen LogP) is 3.01. The van der Waals surface area contributed by atoms with E-state index in [0.717, 1.165) is 29.6 Å². The van der Waals surface area contributed by atoms with Gasteiger partial charge in [0.25, 0.3) is 6.29 Å². The van der Waals surface area contributed by atoms with Crippen LogP contribution in [0, 0.1) is 0 Å². The van der Waals surface area contributed by atoms with Gasteiger partial charge in [0.05, 0.1) is 18.4 Å². The van der Waals surface area contributed by atoms with Gasteiger partial charge in [-0.1, -0.05) is 29.8 Å². The van der Waals surface area contributed by atoms with Gasteiger partial charge < -0.3 is 19.3 Å². The van der Waals surface area contributed by atoms with Crippen LogP contribution in [-0.4, -0.2) is 30.6 Å². The highest BCUT2D eigenvalue weighted by Gasteiger charge is 2.34. The minimum absolute atomic E-state index is 0.318. The molecule has 22 heavy (non-hydrogen) atoms. The fourth-order valence-electron chi connectivity index (χ4n) is 2.67. The number of hydrogen-bond donors (Lipinski definition) is 1. The SMILES string of the molecule is COC1=C(Cl)C2OC(C(=O)O)OC=C3C=CCC/C3=C/2C=C1. The van der Waals surface area contributed by atoms with Crippen LogP contribution in [0.2, 0.25) is 0 Å². The van der Waals surface area contributed by atoms with Gasteiger partial charge >= 0.3 is 5.97 Å². The van der Waals surface area contributed by atoms with Gasteiger partial charge in [-0.05, 0) is 30.1 Å². The number of fused-ring (bicyclic) bond motifs is 2. The lowest BCUT2D eigenvalue weighted by Crippen LogP contribution is -2.34. The van der Waals surface area contributed by atoms with Crippen molar-refractivity contribution < 1.29 is 24.1 Å². The smallest absolute Gasteiger partial charge is 0.373 e. The molecule has 0 amide bonds.